The van der Waals surface area contributed by atoms with E-state index < -0.39 is 5.97 Å². The van der Waals surface area contributed by atoms with Gasteiger partial charge in [-0.1, -0.05) is 66.2 Å². The van der Waals surface area contributed by atoms with Crippen molar-refractivity contribution in [1.82, 2.24) is 4.98 Å². The molecule has 0 amide bonds. The van der Waals surface area contributed by atoms with E-state index in [0.29, 0.717) is 21.7 Å². The normalized spacial score (nSPS) is 11.0. The third kappa shape index (κ3) is 3.93. The number of hydrogen-bond donors (Lipinski definition) is 3. The van der Waals surface area contributed by atoms with Crippen LogP contribution in [0.15, 0.2) is 95.8 Å². The molecule has 0 radical (unpaired) electrons. The highest BCUT2D eigenvalue weighted by Crippen LogP contribution is 2.35. The summed E-state index contributed by atoms with van der Waals surface area (Å²) in [6, 6.07) is 26.5. The molecule has 0 fully saturated rings. The van der Waals surface area contributed by atoms with E-state index in [-0.39, 0.29) is 16.9 Å². The highest BCUT2D eigenvalue weighted by Gasteiger charge is 2.12. The Morgan fingerprint density at radius 3 is 2.12 bits per heavy atom. The smallest absolute Gasteiger partial charge is 0.335 e. The number of halogens is 1. The van der Waals surface area contributed by atoms with Crippen molar-refractivity contribution in [1.29, 1.82) is 0 Å². The Bertz CT molecular complexity index is 1620. The van der Waals surface area contributed by atoms with Gasteiger partial charge in [0, 0.05) is 22.2 Å². The SMILES string of the molecule is O=C(O)c1cccc(-c2cc3cc(-c4ccc(-c5ccccc5O)cc4)c(Cl)cc3[nH]c2=O)c1. The summed E-state index contributed by atoms with van der Waals surface area (Å²) in [5, 5.41) is 20.7. The van der Waals surface area contributed by atoms with Crippen LogP contribution in [0.1, 0.15) is 10.4 Å². The lowest BCUT2D eigenvalue weighted by molar-refractivity contribution is 0.0697. The van der Waals surface area contributed by atoms with Crippen molar-refractivity contribution in [3.63, 3.8) is 0 Å². The van der Waals surface area contributed by atoms with E-state index in [0.717, 1.165) is 27.6 Å². The predicted octanol–water partition coefficient (Wildman–Crippen LogP) is 6.59. The van der Waals surface area contributed by atoms with Gasteiger partial charge in [0.05, 0.1) is 10.6 Å². The average Bonchev–Trinajstić information content (AvgIpc) is 2.84. The fourth-order valence-corrected chi connectivity index (χ4v) is 4.30. The van der Waals surface area contributed by atoms with Gasteiger partial charge in [0.25, 0.3) is 5.56 Å². The molecule has 5 aromatic rings. The van der Waals surface area contributed by atoms with Crippen LogP contribution in [0.5, 0.6) is 5.75 Å². The number of aromatic nitrogens is 1. The first-order valence-corrected chi connectivity index (χ1v) is 10.9. The Morgan fingerprint density at radius 1 is 0.735 bits per heavy atom. The number of H-pyrrole nitrogens is 1. The Morgan fingerprint density at radius 2 is 1.41 bits per heavy atom. The third-order valence-electron chi connectivity index (χ3n) is 5.76. The quantitative estimate of drug-likeness (QED) is 0.278. The van der Waals surface area contributed by atoms with Crippen molar-refractivity contribution >= 4 is 28.5 Å². The van der Waals surface area contributed by atoms with Gasteiger partial charge < -0.3 is 15.2 Å². The van der Waals surface area contributed by atoms with E-state index in [2.05, 4.69) is 4.98 Å². The zero-order chi connectivity index (χ0) is 23.8. The van der Waals surface area contributed by atoms with Gasteiger partial charge in [-0.2, -0.15) is 0 Å². The van der Waals surface area contributed by atoms with E-state index >= 15 is 0 Å². The Kier molecular flexibility index (Phi) is 5.40. The summed E-state index contributed by atoms with van der Waals surface area (Å²) >= 11 is 6.56. The second kappa shape index (κ2) is 8.54. The molecule has 34 heavy (non-hydrogen) atoms. The summed E-state index contributed by atoms with van der Waals surface area (Å²) < 4.78 is 0. The molecule has 0 unspecified atom stereocenters. The van der Waals surface area contributed by atoms with Gasteiger partial charge in [0.2, 0.25) is 0 Å². The Balaban J connectivity index is 1.59. The lowest BCUT2D eigenvalue weighted by atomic mass is 9.97. The van der Waals surface area contributed by atoms with Crippen molar-refractivity contribution in [3.05, 3.63) is 112 Å². The molecule has 0 aliphatic carbocycles. The number of aromatic carboxylic acids is 1. The van der Waals surface area contributed by atoms with Gasteiger partial charge in [-0.25, -0.2) is 4.79 Å². The first kappa shape index (κ1) is 21.5. The maximum absolute atomic E-state index is 12.7. The van der Waals surface area contributed by atoms with Gasteiger partial charge in [-0.05, 0) is 58.5 Å². The Hall–Kier alpha value is -4.35. The van der Waals surface area contributed by atoms with Crippen molar-refractivity contribution in [2.24, 2.45) is 0 Å². The molecule has 0 aliphatic heterocycles. The van der Waals surface area contributed by atoms with E-state index in [9.17, 15) is 19.8 Å². The monoisotopic (exact) mass is 467 g/mol. The molecule has 4 aromatic carbocycles. The summed E-state index contributed by atoms with van der Waals surface area (Å²) in [5.41, 5.74) is 4.55. The molecule has 0 bridgehead atoms. The van der Waals surface area contributed by atoms with Crippen molar-refractivity contribution < 1.29 is 15.0 Å². The molecular formula is C28H18ClNO4. The molecule has 0 atom stereocenters. The third-order valence-corrected chi connectivity index (χ3v) is 6.08. The van der Waals surface area contributed by atoms with E-state index in [4.69, 9.17) is 11.6 Å². The van der Waals surface area contributed by atoms with Crippen LogP contribution in [0.25, 0.3) is 44.3 Å². The summed E-state index contributed by atoms with van der Waals surface area (Å²) in [5.74, 6) is -0.845. The molecular weight excluding hydrogens is 450 g/mol. The largest absolute Gasteiger partial charge is 0.507 e. The van der Waals surface area contributed by atoms with Crippen LogP contribution < -0.4 is 5.56 Å². The van der Waals surface area contributed by atoms with Gasteiger partial charge in [0.15, 0.2) is 0 Å². The number of carboxylic acid groups (broad SMARTS) is 1. The zero-order valence-corrected chi connectivity index (χ0v) is 18.5. The van der Waals surface area contributed by atoms with Crippen molar-refractivity contribution in [2.75, 3.05) is 0 Å². The number of aromatic hydroxyl groups is 1. The van der Waals surface area contributed by atoms with Crippen LogP contribution in [-0.2, 0) is 0 Å². The molecule has 0 aliphatic rings. The number of hydrogen-bond acceptors (Lipinski definition) is 3. The number of phenolic OH excluding ortho intramolecular Hbond substituents is 1. The van der Waals surface area contributed by atoms with Gasteiger partial charge in [-0.3, -0.25) is 4.79 Å². The first-order valence-electron chi connectivity index (χ1n) is 10.5. The minimum atomic E-state index is -1.06. The van der Waals surface area contributed by atoms with Crippen LogP contribution >= 0.6 is 11.6 Å². The van der Waals surface area contributed by atoms with E-state index in [1.165, 1.54) is 12.1 Å². The van der Waals surface area contributed by atoms with E-state index in [1.807, 2.05) is 42.5 Å². The molecule has 6 heteroatoms. The number of benzene rings is 4. The van der Waals surface area contributed by atoms with E-state index in [1.54, 1.807) is 36.4 Å². The second-order valence-corrected chi connectivity index (χ2v) is 8.32. The van der Waals surface area contributed by atoms with Crippen LogP contribution in [0.3, 0.4) is 0 Å². The number of aromatic amines is 1. The summed E-state index contributed by atoms with van der Waals surface area (Å²) in [4.78, 5) is 26.9. The number of pyridine rings is 1. The highest BCUT2D eigenvalue weighted by molar-refractivity contribution is 6.34. The molecule has 166 valence electrons. The van der Waals surface area contributed by atoms with Crippen LogP contribution in [0.2, 0.25) is 5.02 Å². The summed E-state index contributed by atoms with van der Waals surface area (Å²) in [6.07, 6.45) is 0. The van der Waals surface area contributed by atoms with Gasteiger partial charge in [0.1, 0.15) is 5.75 Å². The average molecular weight is 468 g/mol. The molecule has 0 spiro atoms. The second-order valence-electron chi connectivity index (χ2n) is 7.91. The molecule has 0 saturated carbocycles. The predicted molar refractivity (Wildman–Crippen MR) is 135 cm³/mol. The summed E-state index contributed by atoms with van der Waals surface area (Å²) in [6.45, 7) is 0. The van der Waals surface area contributed by atoms with Gasteiger partial charge >= 0.3 is 5.97 Å². The maximum atomic E-state index is 12.7. The summed E-state index contributed by atoms with van der Waals surface area (Å²) in [7, 11) is 0. The fraction of sp³-hybridized carbons (Fsp3) is 0. The lowest BCUT2D eigenvalue weighted by Crippen LogP contribution is -2.09. The molecule has 1 heterocycles. The topological polar surface area (TPSA) is 90.4 Å². The minimum Gasteiger partial charge on any atom is -0.507 e. The zero-order valence-electron chi connectivity index (χ0n) is 17.7. The van der Waals surface area contributed by atoms with Crippen LogP contribution in [-0.4, -0.2) is 21.2 Å². The standard InChI is InChI=1S/C28H18ClNO4/c29-24-15-25-20(14-23(27(32)30-25)18-4-3-5-19(12-18)28(33)34)13-22(24)17-10-8-16(9-11-17)21-6-1-2-7-26(21)31/h1-15,31H,(H,30,32)(H,33,34). The first-order chi connectivity index (χ1) is 16.4. The number of fused-ring (bicyclic) bond motifs is 1. The number of para-hydroxylation sites is 1. The van der Waals surface area contributed by atoms with Crippen molar-refractivity contribution in [2.45, 2.75) is 0 Å². The molecule has 3 N–H and O–H groups in total. The lowest BCUT2D eigenvalue weighted by Gasteiger charge is -2.11. The van der Waals surface area contributed by atoms with Crippen molar-refractivity contribution in [3.8, 4) is 39.1 Å². The van der Waals surface area contributed by atoms with Crippen LogP contribution in [0.4, 0.5) is 0 Å². The number of carboxylic acids is 1. The molecule has 5 rings (SSSR count). The number of nitrogens with one attached hydrogen (secondary N) is 1. The number of rotatable bonds is 4. The highest BCUT2D eigenvalue weighted by atomic mass is 35.5. The number of phenols is 1. The maximum Gasteiger partial charge on any atom is 0.335 e. The minimum absolute atomic E-state index is 0.110. The molecule has 0 saturated heterocycles. The molecule has 5 nitrogen and oxygen atoms in total. The molecule has 1 aromatic heterocycles. The Labute approximate surface area is 199 Å². The fourth-order valence-electron chi connectivity index (χ4n) is 4.03. The van der Waals surface area contributed by atoms with Crippen LogP contribution in [0, 0.1) is 0 Å². The van der Waals surface area contributed by atoms with Gasteiger partial charge in [-0.15, -0.1) is 0 Å². The number of carbonyl (C=O) groups is 1.